The molecule has 2 aromatic heterocycles. The topological polar surface area (TPSA) is 96.7 Å². The first-order valence-corrected chi connectivity index (χ1v) is 13.6. The van der Waals surface area contributed by atoms with Gasteiger partial charge in [-0.3, -0.25) is 0 Å². The second-order valence-electron chi connectivity index (χ2n) is 10.5. The van der Waals surface area contributed by atoms with Crippen LogP contribution in [-0.2, 0) is 23.7 Å². The average Bonchev–Trinajstić information content (AvgIpc) is 3.59. The number of hydrogen-bond donors (Lipinski definition) is 1. The molecule has 4 heterocycles. The van der Waals surface area contributed by atoms with E-state index in [9.17, 15) is 9.18 Å². The summed E-state index contributed by atoms with van der Waals surface area (Å²) in [7, 11) is 0. The molecule has 0 unspecified atom stereocenters. The first kappa shape index (κ1) is 27.1. The molecule has 0 bridgehead atoms. The van der Waals surface area contributed by atoms with Crippen molar-refractivity contribution in [1.82, 2.24) is 14.5 Å². The van der Waals surface area contributed by atoms with Crippen molar-refractivity contribution in [3.8, 4) is 11.1 Å². The van der Waals surface area contributed by atoms with E-state index in [1.165, 1.54) is 24.5 Å². The second kappa shape index (κ2) is 10.7. The summed E-state index contributed by atoms with van der Waals surface area (Å²) in [5.74, 6) is -0.878. The van der Waals surface area contributed by atoms with Crippen LogP contribution in [-0.4, -0.2) is 51.2 Å². The predicted octanol–water partition coefficient (Wildman–Crippen LogP) is 5.99. The maximum Gasteiger partial charge on any atom is 0.330 e. The van der Waals surface area contributed by atoms with Crippen LogP contribution in [0, 0.1) is 5.82 Å². The first-order chi connectivity index (χ1) is 19.7. The molecule has 212 valence electrons. The number of nitrogens with zero attached hydrogens (tertiary/aromatic N) is 3. The van der Waals surface area contributed by atoms with Gasteiger partial charge in [-0.15, -0.1) is 0 Å². The minimum atomic E-state index is -0.728. The molecule has 6 rings (SSSR count). The molecular formula is C31H31FN4O5. The third-order valence-corrected chi connectivity index (χ3v) is 7.17. The monoisotopic (exact) mass is 558 g/mol. The third-order valence-electron chi connectivity index (χ3n) is 7.17. The van der Waals surface area contributed by atoms with Crippen molar-refractivity contribution in [2.75, 3.05) is 11.9 Å². The van der Waals surface area contributed by atoms with E-state index in [0.717, 1.165) is 22.1 Å². The number of benzene rings is 2. The number of hydrogen-bond acceptors (Lipinski definition) is 8. The number of carbonyl (C=O) groups excluding carboxylic acids is 1. The smallest absolute Gasteiger partial charge is 0.330 e. The molecule has 2 fully saturated rings. The Morgan fingerprint density at radius 2 is 1.83 bits per heavy atom. The highest BCUT2D eigenvalue weighted by atomic mass is 19.1. The van der Waals surface area contributed by atoms with E-state index in [4.69, 9.17) is 18.9 Å². The van der Waals surface area contributed by atoms with Crippen LogP contribution in [0.3, 0.4) is 0 Å². The van der Waals surface area contributed by atoms with Gasteiger partial charge in [-0.05, 0) is 69.2 Å². The SMILES string of the molecule is CCOC(=O)/C=C/c1ccc(-c2cn([C@@H]3O[C@H](C)[C@H]4OC(C)(C)O[C@H]43)c3ncnc(Nc4ccc(F)cc4)c23)cc1. The number of carbonyl (C=O) groups is 1. The lowest BCUT2D eigenvalue weighted by Gasteiger charge is -2.24. The van der Waals surface area contributed by atoms with Crippen LogP contribution < -0.4 is 5.32 Å². The molecule has 0 amide bonds. The quantitative estimate of drug-likeness (QED) is 0.218. The lowest BCUT2D eigenvalue weighted by atomic mass is 10.0. The highest BCUT2D eigenvalue weighted by Gasteiger charge is 2.54. The normalized spacial score (nSPS) is 23.2. The van der Waals surface area contributed by atoms with Gasteiger partial charge in [0, 0.05) is 23.5 Å². The molecule has 0 spiro atoms. The predicted molar refractivity (Wildman–Crippen MR) is 152 cm³/mol. The molecule has 0 radical (unpaired) electrons. The van der Waals surface area contributed by atoms with E-state index in [0.29, 0.717) is 23.8 Å². The van der Waals surface area contributed by atoms with Gasteiger partial charge in [0.2, 0.25) is 0 Å². The van der Waals surface area contributed by atoms with Crippen LogP contribution in [0.5, 0.6) is 0 Å². The van der Waals surface area contributed by atoms with Gasteiger partial charge in [-0.25, -0.2) is 19.2 Å². The number of ether oxygens (including phenoxy) is 4. The molecule has 4 atom stereocenters. The summed E-state index contributed by atoms with van der Waals surface area (Å²) in [6.07, 6.45) is 5.38. The zero-order chi connectivity index (χ0) is 28.7. The zero-order valence-corrected chi connectivity index (χ0v) is 23.2. The highest BCUT2D eigenvalue weighted by Crippen LogP contribution is 2.45. The molecule has 10 heteroatoms. The van der Waals surface area contributed by atoms with Crippen molar-refractivity contribution in [2.24, 2.45) is 0 Å². The minimum Gasteiger partial charge on any atom is -0.463 e. The fourth-order valence-corrected chi connectivity index (χ4v) is 5.39. The number of halogens is 1. The van der Waals surface area contributed by atoms with E-state index in [1.807, 2.05) is 55.8 Å². The Bertz CT molecular complexity index is 1600. The maximum atomic E-state index is 13.6. The highest BCUT2D eigenvalue weighted by molar-refractivity contribution is 6.02. The summed E-state index contributed by atoms with van der Waals surface area (Å²) in [6.45, 7) is 7.87. The van der Waals surface area contributed by atoms with Crippen molar-refractivity contribution < 1.29 is 28.1 Å². The standard InChI is InChI=1S/C31H31FN4O5/c1-5-38-24(37)15-8-19-6-9-20(10-7-19)23-16-36(30-27-26(18(2)39-30)40-31(3,4)41-27)29-25(23)28(33-17-34-29)35-22-13-11-21(32)12-14-22/h6-18,26-27,30H,5H2,1-4H3,(H,33,34,35)/b15-8+/t18-,26-,27-,30-/m1/s1. The van der Waals surface area contributed by atoms with E-state index < -0.39 is 18.0 Å². The van der Waals surface area contributed by atoms with Crippen LogP contribution in [0.25, 0.3) is 28.2 Å². The van der Waals surface area contributed by atoms with Crippen molar-refractivity contribution >= 4 is 34.6 Å². The third kappa shape index (κ3) is 5.33. The van der Waals surface area contributed by atoms with Crippen LogP contribution in [0.2, 0.25) is 0 Å². The number of fused-ring (bicyclic) bond motifs is 2. The van der Waals surface area contributed by atoms with Gasteiger partial charge in [0.1, 0.15) is 35.8 Å². The van der Waals surface area contributed by atoms with Crippen molar-refractivity contribution in [2.45, 2.75) is 58.0 Å². The molecule has 1 N–H and O–H groups in total. The van der Waals surface area contributed by atoms with Crippen LogP contribution in [0.1, 0.15) is 39.5 Å². The summed E-state index contributed by atoms with van der Waals surface area (Å²) >= 11 is 0. The Hall–Kier alpha value is -4.12. The number of nitrogens with one attached hydrogen (secondary N) is 1. The van der Waals surface area contributed by atoms with Gasteiger partial charge in [-0.1, -0.05) is 24.3 Å². The van der Waals surface area contributed by atoms with Gasteiger partial charge in [0.15, 0.2) is 12.0 Å². The molecule has 4 aromatic rings. The largest absolute Gasteiger partial charge is 0.463 e. The number of rotatable bonds is 7. The van der Waals surface area contributed by atoms with Gasteiger partial charge in [-0.2, -0.15) is 0 Å². The van der Waals surface area contributed by atoms with Crippen molar-refractivity contribution in [3.63, 3.8) is 0 Å². The van der Waals surface area contributed by atoms with Gasteiger partial charge >= 0.3 is 5.97 Å². The molecule has 2 saturated heterocycles. The molecule has 2 aromatic carbocycles. The molecular weight excluding hydrogens is 527 g/mol. The zero-order valence-electron chi connectivity index (χ0n) is 23.2. The van der Waals surface area contributed by atoms with E-state index in [1.54, 1.807) is 25.1 Å². The van der Waals surface area contributed by atoms with E-state index >= 15 is 0 Å². The number of esters is 1. The maximum absolute atomic E-state index is 13.6. The van der Waals surface area contributed by atoms with Gasteiger partial charge in [0.25, 0.3) is 0 Å². The number of aromatic nitrogens is 3. The Balaban J connectivity index is 1.44. The summed E-state index contributed by atoms with van der Waals surface area (Å²) in [5, 5.41) is 4.09. The van der Waals surface area contributed by atoms with E-state index in [2.05, 4.69) is 15.3 Å². The minimum absolute atomic E-state index is 0.184. The summed E-state index contributed by atoms with van der Waals surface area (Å²) in [6, 6.07) is 13.9. The molecule has 9 nitrogen and oxygen atoms in total. The van der Waals surface area contributed by atoms with Crippen LogP contribution >= 0.6 is 0 Å². The number of anilines is 2. The van der Waals surface area contributed by atoms with E-state index in [-0.39, 0.29) is 24.1 Å². The summed E-state index contributed by atoms with van der Waals surface area (Å²) < 4.78 is 39.3. The van der Waals surface area contributed by atoms with Gasteiger partial charge in [0.05, 0.1) is 18.1 Å². The Labute approximate surface area is 236 Å². The second-order valence-corrected chi connectivity index (χ2v) is 10.5. The lowest BCUT2D eigenvalue weighted by molar-refractivity contribution is -0.194. The fourth-order valence-electron chi connectivity index (χ4n) is 5.39. The van der Waals surface area contributed by atoms with Crippen LogP contribution in [0.4, 0.5) is 15.9 Å². The molecule has 41 heavy (non-hydrogen) atoms. The Kier molecular flexibility index (Phi) is 7.06. The molecule has 0 aliphatic carbocycles. The van der Waals surface area contributed by atoms with Gasteiger partial charge < -0.3 is 28.8 Å². The average molecular weight is 559 g/mol. The Morgan fingerprint density at radius 1 is 1.10 bits per heavy atom. The first-order valence-electron chi connectivity index (χ1n) is 13.6. The summed E-state index contributed by atoms with van der Waals surface area (Å²) in [4.78, 5) is 21.0. The molecule has 0 saturated carbocycles. The summed E-state index contributed by atoms with van der Waals surface area (Å²) in [5.41, 5.74) is 3.96. The molecule has 2 aliphatic heterocycles. The Morgan fingerprint density at radius 3 is 2.56 bits per heavy atom. The van der Waals surface area contributed by atoms with Crippen molar-refractivity contribution in [3.05, 3.63) is 78.5 Å². The van der Waals surface area contributed by atoms with Crippen molar-refractivity contribution in [1.29, 1.82) is 0 Å². The fraction of sp³-hybridized carbons (Fsp3) is 0.323. The lowest BCUT2D eigenvalue weighted by Crippen LogP contribution is -2.27. The molecule has 2 aliphatic rings. The van der Waals surface area contributed by atoms with Crippen LogP contribution in [0.15, 0.2) is 67.1 Å².